The fourth-order valence-corrected chi connectivity index (χ4v) is 3.79. The molecule has 1 amide bonds. The zero-order valence-electron chi connectivity index (χ0n) is 14.9. The minimum atomic E-state index is -0.298. The Balaban J connectivity index is 1.41. The molecular weight excluding hydrogens is 363 g/mol. The summed E-state index contributed by atoms with van der Waals surface area (Å²) in [6.07, 6.45) is 1.54. The largest absolute Gasteiger partial charge is 0.454 e. The maximum absolute atomic E-state index is 14.2. The van der Waals surface area contributed by atoms with Crippen LogP contribution in [0.2, 0.25) is 0 Å². The van der Waals surface area contributed by atoms with Crippen LogP contribution in [-0.2, 0) is 0 Å². The number of hydrogen-bond donors (Lipinski definition) is 0. The van der Waals surface area contributed by atoms with Crippen LogP contribution in [0.4, 0.5) is 4.39 Å². The molecule has 2 aliphatic heterocycles. The molecule has 28 heavy (non-hydrogen) atoms. The third-order valence-corrected chi connectivity index (χ3v) is 5.16. The number of nitrogens with zero attached hydrogens (tertiary/aromatic N) is 2. The van der Waals surface area contributed by atoms with Gasteiger partial charge in [0.1, 0.15) is 5.82 Å². The smallest absolute Gasteiger partial charge is 0.276 e. The normalized spacial score (nSPS) is 17.9. The summed E-state index contributed by atoms with van der Waals surface area (Å²) in [5, 5.41) is 3.95. The Kier molecular flexibility index (Phi) is 4.00. The molecule has 3 aromatic rings. The Morgan fingerprint density at radius 2 is 1.96 bits per heavy atom. The molecule has 0 bridgehead atoms. The summed E-state index contributed by atoms with van der Waals surface area (Å²) in [7, 11) is 0. The molecule has 1 aromatic heterocycles. The van der Waals surface area contributed by atoms with Gasteiger partial charge in [0.15, 0.2) is 23.0 Å². The number of aromatic nitrogens is 1. The van der Waals surface area contributed by atoms with Crippen LogP contribution in [0.1, 0.15) is 34.9 Å². The molecule has 1 fully saturated rings. The maximum atomic E-state index is 14.2. The van der Waals surface area contributed by atoms with E-state index in [0.717, 1.165) is 18.4 Å². The summed E-state index contributed by atoms with van der Waals surface area (Å²) in [4.78, 5) is 14.7. The van der Waals surface area contributed by atoms with E-state index in [9.17, 15) is 9.18 Å². The van der Waals surface area contributed by atoms with Gasteiger partial charge >= 0.3 is 0 Å². The maximum Gasteiger partial charge on any atom is 0.276 e. The number of likely N-dealkylation sites (tertiary alicyclic amines) is 1. The average molecular weight is 380 g/mol. The molecule has 2 aromatic carbocycles. The molecule has 1 saturated heterocycles. The summed E-state index contributed by atoms with van der Waals surface area (Å²) in [5.74, 6) is 1.20. The molecular formula is C21H17FN2O4. The van der Waals surface area contributed by atoms with Crippen molar-refractivity contribution in [1.29, 1.82) is 0 Å². The topological polar surface area (TPSA) is 64.8 Å². The number of benzene rings is 2. The molecule has 0 spiro atoms. The molecule has 142 valence electrons. The zero-order valence-corrected chi connectivity index (χ0v) is 14.9. The predicted molar refractivity (Wildman–Crippen MR) is 97.5 cm³/mol. The monoisotopic (exact) mass is 380 g/mol. The summed E-state index contributed by atoms with van der Waals surface area (Å²) in [6.45, 7) is 0.745. The van der Waals surface area contributed by atoms with Gasteiger partial charge in [-0.05, 0) is 37.1 Å². The fraction of sp³-hybridized carbons (Fsp3) is 0.238. The van der Waals surface area contributed by atoms with E-state index in [0.29, 0.717) is 29.4 Å². The first-order chi connectivity index (χ1) is 13.7. The molecule has 6 nitrogen and oxygen atoms in total. The van der Waals surface area contributed by atoms with Crippen LogP contribution in [0.15, 0.2) is 53.1 Å². The van der Waals surface area contributed by atoms with Gasteiger partial charge in [-0.1, -0.05) is 23.4 Å². The van der Waals surface area contributed by atoms with E-state index in [4.69, 9.17) is 14.0 Å². The first-order valence-electron chi connectivity index (χ1n) is 9.13. The Morgan fingerprint density at radius 3 is 2.86 bits per heavy atom. The molecule has 0 N–H and O–H groups in total. The van der Waals surface area contributed by atoms with Gasteiger partial charge in [0.05, 0.1) is 6.04 Å². The second-order valence-corrected chi connectivity index (χ2v) is 6.82. The molecule has 3 heterocycles. The summed E-state index contributed by atoms with van der Waals surface area (Å²) < 4.78 is 30.3. The lowest BCUT2D eigenvalue weighted by atomic mass is 10.0. The number of rotatable bonds is 3. The van der Waals surface area contributed by atoms with Crippen LogP contribution < -0.4 is 9.47 Å². The number of hydrogen-bond acceptors (Lipinski definition) is 5. The molecule has 2 aliphatic rings. The van der Waals surface area contributed by atoms with Gasteiger partial charge in [0, 0.05) is 23.7 Å². The molecule has 5 rings (SSSR count). The van der Waals surface area contributed by atoms with Crippen molar-refractivity contribution in [2.75, 3.05) is 13.3 Å². The second kappa shape index (κ2) is 6.67. The molecule has 0 saturated carbocycles. The third kappa shape index (κ3) is 2.79. The van der Waals surface area contributed by atoms with Crippen LogP contribution in [0.25, 0.3) is 11.3 Å². The quantitative estimate of drug-likeness (QED) is 0.682. The van der Waals surface area contributed by atoms with Crippen molar-refractivity contribution in [3.63, 3.8) is 0 Å². The van der Waals surface area contributed by atoms with Gasteiger partial charge in [-0.2, -0.15) is 0 Å². The minimum absolute atomic E-state index is 0.186. The number of carbonyl (C=O) groups excluding carboxylic acids is 1. The van der Waals surface area contributed by atoms with Crippen molar-refractivity contribution in [2.24, 2.45) is 0 Å². The van der Waals surface area contributed by atoms with Crippen molar-refractivity contribution in [2.45, 2.75) is 18.9 Å². The molecule has 0 unspecified atom stereocenters. The highest BCUT2D eigenvalue weighted by Crippen LogP contribution is 2.37. The van der Waals surface area contributed by atoms with Gasteiger partial charge in [0.25, 0.3) is 5.91 Å². The second-order valence-electron chi connectivity index (χ2n) is 6.82. The van der Waals surface area contributed by atoms with Gasteiger partial charge < -0.3 is 18.9 Å². The van der Waals surface area contributed by atoms with Crippen molar-refractivity contribution in [1.82, 2.24) is 10.1 Å². The number of amides is 1. The van der Waals surface area contributed by atoms with Crippen molar-refractivity contribution >= 4 is 5.91 Å². The third-order valence-electron chi connectivity index (χ3n) is 5.16. The summed E-state index contributed by atoms with van der Waals surface area (Å²) in [5.41, 5.74) is 1.48. The van der Waals surface area contributed by atoms with Crippen LogP contribution in [0.3, 0.4) is 0 Å². The van der Waals surface area contributed by atoms with E-state index >= 15 is 0 Å². The number of ether oxygens (including phenoxy) is 2. The fourth-order valence-electron chi connectivity index (χ4n) is 3.79. The average Bonchev–Trinajstić information content (AvgIpc) is 3.47. The molecule has 7 heteroatoms. The van der Waals surface area contributed by atoms with Gasteiger partial charge in [0.2, 0.25) is 6.79 Å². The standard InChI is InChI=1S/C21H17FN2O4/c22-15-5-2-1-4-14(15)17-6-3-9-24(17)21(25)16-11-19(28-23-16)13-7-8-18-20(10-13)27-12-26-18/h1-2,4-5,7-8,10-11,17H,3,6,9,12H2/t17-/m1/s1. The first kappa shape index (κ1) is 16.8. The number of halogens is 1. The van der Waals surface area contributed by atoms with Crippen molar-refractivity contribution < 1.29 is 23.2 Å². The van der Waals surface area contributed by atoms with Crippen LogP contribution in [0, 0.1) is 5.82 Å². The molecule has 1 atom stereocenters. The van der Waals surface area contributed by atoms with Crippen LogP contribution in [0.5, 0.6) is 11.5 Å². The van der Waals surface area contributed by atoms with E-state index in [2.05, 4.69) is 5.16 Å². The summed E-state index contributed by atoms with van der Waals surface area (Å²) >= 11 is 0. The van der Waals surface area contributed by atoms with Crippen molar-refractivity contribution in [3.8, 4) is 22.8 Å². The van der Waals surface area contributed by atoms with E-state index < -0.39 is 0 Å². The Hall–Kier alpha value is -3.35. The molecule has 0 radical (unpaired) electrons. The highest BCUT2D eigenvalue weighted by atomic mass is 19.1. The van der Waals surface area contributed by atoms with E-state index in [1.54, 1.807) is 41.3 Å². The highest BCUT2D eigenvalue weighted by Gasteiger charge is 2.33. The number of fused-ring (bicyclic) bond motifs is 1. The van der Waals surface area contributed by atoms with Gasteiger partial charge in [-0.25, -0.2) is 4.39 Å². The Labute approximate surface area is 160 Å². The highest BCUT2D eigenvalue weighted by molar-refractivity contribution is 5.93. The Morgan fingerprint density at radius 1 is 1.11 bits per heavy atom. The number of carbonyl (C=O) groups is 1. The van der Waals surface area contributed by atoms with Gasteiger partial charge in [-0.15, -0.1) is 0 Å². The van der Waals surface area contributed by atoms with Crippen LogP contribution in [-0.4, -0.2) is 29.3 Å². The first-order valence-corrected chi connectivity index (χ1v) is 9.13. The molecule has 0 aliphatic carbocycles. The lowest BCUT2D eigenvalue weighted by molar-refractivity contribution is 0.0723. The lowest BCUT2D eigenvalue weighted by Crippen LogP contribution is -2.31. The SMILES string of the molecule is O=C(c1cc(-c2ccc3c(c2)OCO3)on1)N1CCC[C@@H]1c1ccccc1F. The van der Waals surface area contributed by atoms with E-state index in [1.165, 1.54) is 6.07 Å². The van der Waals surface area contributed by atoms with Crippen molar-refractivity contribution in [3.05, 3.63) is 65.6 Å². The lowest BCUT2D eigenvalue weighted by Gasteiger charge is -2.24. The zero-order chi connectivity index (χ0) is 19.1. The summed E-state index contributed by atoms with van der Waals surface area (Å²) in [6, 6.07) is 13.3. The minimum Gasteiger partial charge on any atom is -0.454 e. The van der Waals surface area contributed by atoms with Gasteiger partial charge in [-0.3, -0.25) is 4.79 Å². The predicted octanol–water partition coefficient (Wildman–Crippen LogP) is 4.19. The van der Waals surface area contributed by atoms with Crippen LogP contribution >= 0.6 is 0 Å². The van der Waals surface area contributed by atoms with E-state index in [1.807, 2.05) is 6.07 Å². The van der Waals surface area contributed by atoms with E-state index in [-0.39, 0.29) is 30.3 Å². The Bertz CT molecular complexity index is 1050.